The second kappa shape index (κ2) is 6.83. The Morgan fingerprint density at radius 2 is 1.46 bits per heavy atom. The lowest BCUT2D eigenvalue weighted by atomic mass is 10.0. The Morgan fingerprint density at radius 1 is 0.962 bits per heavy atom. The van der Waals surface area contributed by atoms with Gasteiger partial charge in [-0.1, -0.05) is 12.1 Å². The molecule has 142 valence electrons. The van der Waals surface area contributed by atoms with Crippen molar-refractivity contribution in [1.82, 2.24) is 14.3 Å². The number of aromatic nitrogens is 2. The van der Waals surface area contributed by atoms with Gasteiger partial charge in [-0.3, -0.25) is 0 Å². The number of rotatable bonds is 4. The summed E-state index contributed by atoms with van der Waals surface area (Å²) in [4.78, 5) is 6.31. The molecule has 0 saturated carbocycles. The van der Waals surface area contributed by atoms with Gasteiger partial charge in [0.15, 0.2) is 0 Å². The third-order valence-electron chi connectivity index (χ3n) is 3.44. The Bertz CT molecular complexity index is 851. The number of halogens is 6. The largest absolute Gasteiger partial charge is 0.416 e. The van der Waals surface area contributed by atoms with E-state index in [9.17, 15) is 34.8 Å². The van der Waals surface area contributed by atoms with Crippen molar-refractivity contribution >= 4 is 10.0 Å². The average molecular weight is 399 g/mol. The zero-order valence-corrected chi connectivity index (χ0v) is 13.8. The molecule has 1 aromatic heterocycles. The van der Waals surface area contributed by atoms with Crippen molar-refractivity contribution in [2.45, 2.75) is 23.3 Å². The Hall–Kier alpha value is -2.21. The van der Waals surface area contributed by atoms with Crippen LogP contribution in [0.4, 0.5) is 26.3 Å². The summed E-state index contributed by atoms with van der Waals surface area (Å²) >= 11 is 0. The monoisotopic (exact) mass is 399 g/mol. The van der Waals surface area contributed by atoms with Crippen LogP contribution in [0, 0.1) is 0 Å². The van der Waals surface area contributed by atoms with Gasteiger partial charge in [-0.05, 0) is 17.7 Å². The zero-order chi connectivity index (χ0) is 19.8. The second-order valence-corrected chi connectivity index (χ2v) is 7.16. The van der Waals surface area contributed by atoms with E-state index >= 15 is 0 Å². The molecule has 1 atom stereocenters. The fourth-order valence-corrected chi connectivity index (χ4v) is 3.42. The fraction of sp³-hybridized carbons (Fsp3) is 0.286. The van der Waals surface area contributed by atoms with Crippen LogP contribution in [0.15, 0.2) is 47.9 Å². The fourth-order valence-electron chi connectivity index (χ4n) is 2.18. The van der Waals surface area contributed by atoms with Crippen LogP contribution in [0.5, 0.6) is 0 Å². The lowest BCUT2D eigenvalue weighted by Gasteiger charge is -2.29. The van der Waals surface area contributed by atoms with E-state index in [0.717, 1.165) is 18.7 Å². The predicted octanol–water partition coefficient (Wildman–Crippen LogP) is 3.42. The summed E-state index contributed by atoms with van der Waals surface area (Å²) in [5, 5.41) is 0. The molecule has 0 amide bonds. The van der Waals surface area contributed by atoms with E-state index in [4.69, 9.17) is 0 Å². The summed E-state index contributed by atoms with van der Waals surface area (Å²) in [6.07, 6.45) is -7.17. The Balaban J connectivity index is 2.49. The van der Waals surface area contributed by atoms with Crippen LogP contribution in [-0.2, 0) is 16.2 Å². The summed E-state index contributed by atoms with van der Waals surface area (Å²) in [6.45, 7) is 0. The maximum Gasteiger partial charge on any atom is 0.416 e. The SMILES string of the molecule is CN(C(c1ccc(C(F)(F)F)cc1)C(F)(F)F)S(=O)(=O)c1cncnc1. The van der Waals surface area contributed by atoms with Gasteiger partial charge in [0.25, 0.3) is 0 Å². The van der Waals surface area contributed by atoms with Gasteiger partial charge in [0.05, 0.1) is 18.0 Å². The first-order chi connectivity index (χ1) is 11.8. The lowest BCUT2D eigenvalue weighted by Crippen LogP contribution is -2.39. The second-order valence-electron chi connectivity index (χ2n) is 5.16. The van der Waals surface area contributed by atoms with E-state index < -0.39 is 44.4 Å². The van der Waals surface area contributed by atoms with E-state index in [-0.39, 0.29) is 4.31 Å². The van der Waals surface area contributed by atoms with Crippen LogP contribution < -0.4 is 0 Å². The molecule has 0 aliphatic heterocycles. The maximum atomic E-state index is 13.5. The quantitative estimate of drug-likeness (QED) is 0.740. The van der Waals surface area contributed by atoms with Gasteiger partial charge in [-0.2, -0.15) is 30.6 Å². The Morgan fingerprint density at radius 3 is 1.88 bits per heavy atom. The molecule has 1 unspecified atom stereocenters. The van der Waals surface area contributed by atoms with Crippen molar-refractivity contribution in [3.8, 4) is 0 Å². The molecule has 0 saturated heterocycles. The van der Waals surface area contributed by atoms with Crippen LogP contribution >= 0.6 is 0 Å². The third kappa shape index (κ3) is 4.12. The highest BCUT2D eigenvalue weighted by Gasteiger charge is 2.48. The standard InChI is InChI=1S/C14H11F6N3O2S/c1-23(26(24,25)11-6-21-8-22-7-11)12(14(18,19)20)9-2-4-10(5-3-9)13(15,16)17/h2-8,12H,1H3. The molecule has 0 N–H and O–H groups in total. The minimum atomic E-state index is -5.07. The maximum absolute atomic E-state index is 13.5. The first kappa shape index (κ1) is 20.1. The van der Waals surface area contributed by atoms with E-state index in [2.05, 4.69) is 9.97 Å². The van der Waals surface area contributed by atoms with Gasteiger partial charge in [0.1, 0.15) is 17.3 Å². The van der Waals surface area contributed by atoms with Crippen molar-refractivity contribution in [2.75, 3.05) is 7.05 Å². The molecule has 2 rings (SSSR count). The molecule has 0 radical (unpaired) electrons. The summed E-state index contributed by atoms with van der Waals surface area (Å²) in [5.74, 6) is 0. The highest BCUT2D eigenvalue weighted by atomic mass is 32.2. The van der Waals surface area contributed by atoms with Gasteiger partial charge in [-0.15, -0.1) is 0 Å². The summed E-state index contributed by atoms with van der Waals surface area (Å²) < 4.78 is 103. The molecular weight excluding hydrogens is 388 g/mol. The number of nitrogens with zero attached hydrogens (tertiary/aromatic N) is 3. The number of hydrogen-bond acceptors (Lipinski definition) is 4. The molecule has 0 aliphatic carbocycles. The van der Waals surface area contributed by atoms with Crippen molar-refractivity contribution in [3.63, 3.8) is 0 Å². The lowest BCUT2D eigenvalue weighted by molar-refractivity contribution is -0.171. The number of sulfonamides is 1. The average Bonchev–Trinajstić information content (AvgIpc) is 2.54. The molecule has 26 heavy (non-hydrogen) atoms. The van der Waals surface area contributed by atoms with Crippen LogP contribution in [-0.4, -0.2) is 35.9 Å². The molecule has 5 nitrogen and oxygen atoms in total. The van der Waals surface area contributed by atoms with E-state index in [1.54, 1.807) is 0 Å². The van der Waals surface area contributed by atoms with Crippen LogP contribution in [0.1, 0.15) is 17.2 Å². The molecular formula is C14H11F6N3O2S. The van der Waals surface area contributed by atoms with Crippen molar-refractivity contribution in [2.24, 2.45) is 0 Å². The van der Waals surface area contributed by atoms with E-state index in [1.807, 2.05) is 0 Å². The number of benzene rings is 1. The van der Waals surface area contributed by atoms with Crippen LogP contribution in [0.3, 0.4) is 0 Å². The normalized spacial score (nSPS) is 14.5. The minimum absolute atomic E-state index is 0.0221. The van der Waals surface area contributed by atoms with Gasteiger partial charge in [0, 0.05) is 7.05 Å². The molecule has 0 bridgehead atoms. The highest BCUT2D eigenvalue weighted by Crippen LogP contribution is 2.40. The highest BCUT2D eigenvalue weighted by molar-refractivity contribution is 7.89. The van der Waals surface area contributed by atoms with Crippen LogP contribution in [0.2, 0.25) is 0 Å². The van der Waals surface area contributed by atoms with Gasteiger partial charge < -0.3 is 0 Å². The number of alkyl halides is 6. The van der Waals surface area contributed by atoms with E-state index in [1.165, 1.54) is 0 Å². The first-order valence-corrected chi connectivity index (χ1v) is 8.26. The minimum Gasteiger partial charge on any atom is -0.243 e. The molecule has 1 heterocycles. The van der Waals surface area contributed by atoms with Gasteiger partial charge >= 0.3 is 12.4 Å². The third-order valence-corrected chi connectivity index (χ3v) is 5.22. The first-order valence-electron chi connectivity index (χ1n) is 6.82. The molecule has 12 heteroatoms. The van der Waals surface area contributed by atoms with Crippen molar-refractivity contribution in [3.05, 3.63) is 54.1 Å². The zero-order valence-electron chi connectivity index (χ0n) is 13.0. The molecule has 1 aromatic carbocycles. The topological polar surface area (TPSA) is 63.2 Å². The molecule has 0 aliphatic rings. The molecule has 2 aromatic rings. The number of hydrogen-bond donors (Lipinski definition) is 0. The molecule has 0 fully saturated rings. The predicted molar refractivity (Wildman–Crippen MR) is 77.2 cm³/mol. The molecule has 0 spiro atoms. The van der Waals surface area contributed by atoms with Gasteiger partial charge in [-0.25, -0.2) is 18.4 Å². The smallest absolute Gasteiger partial charge is 0.243 e. The van der Waals surface area contributed by atoms with E-state index in [0.29, 0.717) is 31.3 Å². The summed E-state index contributed by atoms with van der Waals surface area (Å²) in [6, 6.07) is -0.585. The van der Waals surface area contributed by atoms with Crippen molar-refractivity contribution < 1.29 is 34.8 Å². The van der Waals surface area contributed by atoms with Crippen LogP contribution in [0.25, 0.3) is 0 Å². The Kier molecular flexibility index (Phi) is 5.29. The summed E-state index contributed by atoms with van der Waals surface area (Å²) in [7, 11) is -3.96. The summed E-state index contributed by atoms with van der Waals surface area (Å²) in [5.41, 5.74) is -1.81. The van der Waals surface area contributed by atoms with Crippen molar-refractivity contribution in [1.29, 1.82) is 0 Å². The Labute approximate surface area is 144 Å². The van der Waals surface area contributed by atoms with Gasteiger partial charge in [0.2, 0.25) is 10.0 Å².